The van der Waals surface area contributed by atoms with Crippen LogP contribution in [0.15, 0.2) is 47.1 Å². The molecule has 8 nitrogen and oxygen atoms in total. The summed E-state index contributed by atoms with van der Waals surface area (Å²) in [6.45, 7) is 1.77. The molecule has 0 atom stereocenters. The number of hydrogen-bond donors (Lipinski definition) is 2. The zero-order chi connectivity index (χ0) is 16.9. The maximum Gasteiger partial charge on any atom is 0.274 e. The molecule has 0 bridgehead atoms. The molecule has 0 saturated heterocycles. The molecule has 0 fully saturated rings. The minimum Gasteiger partial charge on any atom is -0.497 e. The first-order valence-electron chi connectivity index (χ1n) is 7.13. The van der Waals surface area contributed by atoms with E-state index in [4.69, 9.17) is 9.26 Å². The molecular formula is C16H15N5O3. The van der Waals surface area contributed by atoms with Crippen LogP contribution in [0.1, 0.15) is 16.2 Å². The van der Waals surface area contributed by atoms with Gasteiger partial charge in [-0.3, -0.25) is 4.79 Å². The number of benzene rings is 1. The number of methoxy groups -OCH3 is 1. The van der Waals surface area contributed by atoms with Crippen LogP contribution in [0.2, 0.25) is 0 Å². The van der Waals surface area contributed by atoms with Crippen molar-refractivity contribution in [3.05, 3.63) is 54.0 Å². The largest absolute Gasteiger partial charge is 0.497 e. The minimum atomic E-state index is -0.356. The van der Waals surface area contributed by atoms with E-state index in [1.54, 1.807) is 44.4 Å². The van der Waals surface area contributed by atoms with Crippen molar-refractivity contribution in [2.75, 3.05) is 17.7 Å². The van der Waals surface area contributed by atoms with Crippen LogP contribution in [0.25, 0.3) is 0 Å². The molecule has 0 unspecified atom stereocenters. The van der Waals surface area contributed by atoms with Crippen molar-refractivity contribution in [2.24, 2.45) is 0 Å². The second-order valence-corrected chi connectivity index (χ2v) is 4.90. The Kier molecular flexibility index (Phi) is 4.37. The number of amides is 1. The number of hydrogen-bond acceptors (Lipinski definition) is 7. The first kappa shape index (κ1) is 15.5. The summed E-state index contributed by atoms with van der Waals surface area (Å²) in [4.78, 5) is 20.5. The van der Waals surface area contributed by atoms with E-state index >= 15 is 0 Å². The van der Waals surface area contributed by atoms with Crippen molar-refractivity contribution >= 4 is 23.4 Å². The van der Waals surface area contributed by atoms with Crippen LogP contribution in [0.3, 0.4) is 0 Å². The number of aromatic nitrogens is 3. The highest BCUT2D eigenvalue weighted by Crippen LogP contribution is 2.18. The fraction of sp³-hybridized carbons (Fsp3) is 0.125. The molecule has 1 aromatic carbocycles. The van der Waals surface area contributed by atoms with Crippen molar-refractivity contribution in [3.63, 3.8) is 0 Å². The molecule has 0 saturated carbocycles. The number of aryl methyl sites for hydroxylation is 1. The summed E-state index contributed by atoms with van der Waals surface area (Å²) in [5.41, 5.74) is 0.829. The standard InChI is InChI=1S/C16H15N5O3/c1-10-8-14(21-24-10)20-16-17-7-6-13(19-16)15(22)18-11-4-3-5-12(9-11)23-2/h3-9H,1-2H3,(H,18,22)(H,17,19,20,21). The molecule has 0 aliphatic carbocycles. The van der Waals surface area contributed by atoms with Crippen LogP contribution in [0.4, 0.5) is 17.5 Å². The van der Waals surface area contributed by atoms with Crippen LogP contribution in [0.5, 0.6) is 5.75 Å². The van der Waals surface area contributed by atoms with Crippen molar-refractivity contribution in [3.8, 4) is 5.75 Å². The molecule has 0 spiro atoms. The first-order valence-corrected chi connectivity index (χ1v) is 7.13. The fourth-order valence-electron chi connectivity index (χ4n) is 1.98. The average Bonchev–Trinajstić information content (AvgIpc) is 3.00. The molecule has 3 aromatic rings. The maximum atomic E-state index is 12.3. The number of nitrogens with one attached hydrogen (secondary N) is 2. The lowest BCUT2D eigenvalue weighted by atomic mass is 10.3. The molecule has 3 rings (SSSR count). The molecule has 2 N–H and O–H groups in total. The molecule has 1 amide bonds. The molecule has 0 aliphatic rings. The Morgan fingerprint density at radius 1 is 1.25 bits per heavy atom. The van der Waals surface area contributed by atoms with Crippen molar-refractivity contribution in [1.82, 2.24) is 15.1 Å². The van der Waals surface area contributed by atoms with E-state index < -0.39 is 0 Å². The van der Waals surface area contributed by atoms with Crippen molar-refractivity contribution < 1.29 is 14.1 Å². The Labute approximate surface area is 137 Å². The highest BCUT2D eigenvalue weighted by Gasteiger charge is 2.11. The lowest BCUT2D eigenvalue weighted by molar-refractivity contribution is 0.102. The molecule has 0 aliphatic heterocycles. The van der Waals surface area contributed by atoms with Crippen molar-refractivity contribution in [2.45, 2.75) is 6.92 Å². The van der Waals surface area contributed by atoms with Crippen molar-refractivity contribution in [1.29, 1.82) is 0 Å². The van der Waals surface area contributed by atoms with Gasteiger partial charge in [-0.25, -0.2) is 9.97 Å². The van der Waals surface area contributed by atoms with E-state index in [0.717, 1.165) is 0 Å². The van der Waals surface area contributed by atoms with E-state index in [9.17, 15) is 4.79 Å². The highest BCUT2D eigenvalue weighted by atomic mass is 16.5. The quantitative estimate of drug-likeness (QED) is 0.743. The molecule has 0 radical (unpaired) electrons. The van der Waals surface area contributed by atoms with Crippen LogP contribution in [-0.2, 0) is 0 Å². The number of nitrogens with zero attached hydrogens (tertiary/aromatic N) is 3. The van der Waals surface area contributed by atoms with Crippen LogP contribution in [0, 0.1) is 6.92 Å². The van der Waals surface area contributed by atoms with Gasteiger partial charge in [0.1, 0.15) is 17.2 Å². The first-order chi connectivity index (χ1) is 11.6. The Balaban J connectivity index is 1.74. The summed E-state index contributed by atoms with van der Waals surface area (Å²) in [6, 6.07) is 10.3. The lowest BCUT2D eigenvalue weighted by Crippen LogP contribution is -2.14. The molecule has 122 valence electrons. The zero-order valence-corrected chi connectivity index (χ0v) is 13.1. The topological polar surface area (TPSA) is 102 Å². The van der Waals surface area contributed by atoms with E-state index in [1.165, 1.54) is 12.3 Å². The van der Waals surface area contributed by atoms with E-state index in [1.807, 2.05) is 0 Å². The predicted molar refractivity (Wildman–Crippen MR) is 87.5 cm³/mol. The average molecular weight is 325 g/mol. The van der Waals surface area contributed by atoms with Gasteiger partial charge in [-0.1, -0.05) is 11.2 Å². The number of carbonyl (C=O) groups excluding carboxylic acids is 1. The smallest absolute Gasteiger partial charge is 0.274 e. The Hall–Kier alpha value is -3.42. The van der Waals surface area contributed by atoms with Gasteiger partial charge in [0.05, 0.1) is 7.11 Å². The van der Waals surface area contributed by atoms with Gasteiger partial charge >= 0.3 is 0 Å². The van der Waals surface area contributed by atoms with Crippen LogP contribution >= 0.6 is 0 Å². The Bertz CT molecular complexity index is 862. The number of carbonyl (C=O) groups is 1. The van der Waals surface area contributed by atoms with Crippen LogP contribution in [-0.4, -0.2) is 28.1 Å². The van der Waals surface area contributed by atoms with Gasteiger partial charge in [0, 0.05) is 24.0 Å². The second-order valence-electron chi connectivity index (χ2n) is 4.90. The summed E-state index contributed by atoms with van der Waals surface area (Å²) in [5, 5.41) is 9.42. The van der Waals surface area contributed by atoms with Gasteiger partial charge in [-0.05, 0) is 25.1 Å². The summed E-state index contributed by atoms with van der Waals surface area (Å²) >= 11 is 0. The van der Waals surface area contributed by atoms with Gasteiger partial charge in [0.15, 0.2) is 5.82 Å². The van der Waals surface area contributed by atoms with Gasteiger partial charge in [-0.15, -0.1) is 0 Å². The Morgan fingerprint density at radius 3 is 2.88 bits per heavy atom. The monoisotopic (exact) mass is 325 g/mol. The third kappa shape index (κ3) is 3.67. The van der Waals surface area contributed by atoms with E-state index in [-0.39, 0.29) is 17.5 Å². The van der Waals surface area contributed by atoms with E-state index in [0.29, 0.717) is 23.0 Å². The predicted octanol–water partition coefficient (Wildman–Crippen LogP) is 2.78. The van der Waals surface area contributed by atoms with Gasteiger partial charge < -0.3 is 19.9 Å². The minimum absolute atomic E-state index is 0.218. The highest BCUT2D eigenvalue weighted by molar-refractivity contribution is 6.03. The summed E-state index contributed by atoms with van der Waals surface area (Å²) in [7, 11) is 1.56. The van der Waals surface area contributed by atoms with Crippen LogP contribution < -0.4 is 15.4 Å². The molecular weight excluding hydrogens is 310 g/mol. The SMILES string of the molecule is COc1cccc(NC(=O)c2ccnc(Nc3cc(C)on3)n2)c1. The second kappa shape index (κ2) is 6.78. The summed E-state index contributed by atoms with van der Waals surface area (Å²) < 4.78 is 10.1. The normalized spacial score (nSPS) is 10.2. The third-order valence-electron chi connectivity index (χ3n) is 3.08. The van der Waals surface area contributed by atoms with Gasteiger partial charge in [0.2, 0.25) is 5.95 Å². The molecule has 2 aromatic heterocycles. The van der Waals surface area contributed by atoms with Gasteiger partial charge in [-0.2, -0.15) is 0 Å². The summed E-state index contributed by atoms with van der Waals surface area (Å²) in [5.74, 6) is 1.67. The van der Waals surface area contributed by atoms with E-state index in [2.05, 4.69) is 25.8 Å². The fourth-order valence-corrected chi connectivity index (χ4v) is 1.98. The third-order valence-corrected chi connectivity index (χ3v) is 3.08. The molecule has 2 heterocycles. The summed E-state index contributed by atoms with van der Waals surface area (Å²) in [6.07, 6.45) is 1.49. The van der Waals surface area contributed by atoms with Gasteiger partial charge in [0.25, 0.3) is 5.91 Å². The molecule has 8 heteroatoms. The zero-order valence-electron chi connectivity index (χ0n) is 13.1. The maximum absolute atomic E-state index is 12.3. The number of anilines is 3. The molecule has 24 heavy (non-hydrogen) atoms. The number of rotatable bonds is 5. The lowest BCUT2D eigenvalue weighted by Gasteiger charge is -2.07. The number of ether oxygens (including phenoxy) is 1. The Morgan fingerprint density at radius 2 is 2.12 bits per heavy atom.